The fourth-order valence-corrected chi connectivity index (χ4v) is 1.73. The Balaban J connectivity index is 2.96. The van der Waals surface area contributed by atoms with Crippen molar-refractivity contribution in [3.8, 4) is 0 Å². The smallest absolute Gasteiger partial charge is 0.338 e. The van der Waals surface area contributed by atoms with Crippen LogP contribution in [0.4, 0.5) is 0 Å². The summed E-state index contributed by atoms with van der Waals surface area (Å²) in [6.45, 7) is 4.67. The van der Waals surface area contributed by atoms with Crippen molar-refractivity contribution in [1.29, 1.82) is 0 Å². The highest BCUT2D eigenvalue weighted by atomic mass is 32.2. The van der Waals surface area contributed by atoms with Crippen LogP contribution in [0.25, 0.3) is 0 Å². The fourth-order valence-electron chi connectivity index (χ4n) is 0.806. The minimum atomic E-state index is -4.01. The first-order valence-electron chi connectivity index (χ1n) is 4.13. The number of rotatable bonds is 3. The second-order valence-electron chi connectivity index (χ2n) is 2.92. The summed E-state index contributed by atoms with van der Waals surface area (Å²) in [5.41, 5.74) is 0.0366. The zero-order valence-electron chi connectivity index (χ0n) is 8.14. The van der Waals surface area contributed by atoms with E-state index in [4.69, 9.17) is 0 Å². The first-order chi connectivity index (χ1) is 6.93. The van der Waals surface area contributed by atoms with Crippen molar-refractivity contribution in [2.75, 3.05) is 0 Å². The standard InChI is InChI=1S/C10H10O4S/c1-8(2)10(11)14-15(12,13)9-6-4-3-5-7-9/h3-7H,1H2,2H3. The van der Waals surface area contributed by atoms with E-state index in [-0.39, 0.29) is 10.5 Å². The lowest BCUT2D eigenvalue weighted by atomic mass is 10.4. The molecule has 1 aromatic carbocycles. The van der Waals surface area contributed by atoms with Gasteiger partial charge >= 0.3 is 16.1 Å². The Kier molecular flexibility index (Phi) is 3.26. The highest BCUT2D eigenvalue weighted by molar-refractivity contribution is 7.87. The fraction of sp³-hybridized carbons (Fsp3) is 0.100. The molecule has 80 valence electrons. The molecule has 0 bridgehead atoms. The van der Waals surface area contributed by atoms with Gasteiger partial charge in [-0.3, -0.25) is 0 Å². The molecule has 0 N–H and O–H groups in total. The summed E-state index contributed by atoms with van der Waals surface area (Å²) in [6.07, 6.45) is 0. The van der Waals surface area contributed by atoms with Gasteiger partial charge in [0, 0.05) is 5.57 Å². The third-order valence-electron chi connectivity index (χ3n) is 1.57. The quantitative estimate of drug-likeness (QED) is 0.578. The first kappa shape index (κ1) is 11.5. The van der Waals surface area contributed by atoms with Crippen LogP contribution in [0.1, 0.15) is 6.92 Å². The molecule has 5 heteroatoms. The molecule has 0 aliphatic carbocycles. The molecular formula is C10H10O4S. The number of carbonyl (C=O) groups is 1. The summed E-state index contributed by atoms with van der Waals surface area (Å²) < 4.78 is 27.2. The predicted octanol–water partition coefficient (Wildman–Crippen LogP) is 1.49. The molecule has 0 saturated heterocycles. The van der Waals surface area contributed by atoms with E-state index in [1.165, 1.54) is 19.1 Å². The first-order valence-corrected chi connectivity index (χ1v) is 5.53. The van der Waals surface area contributed by atoms with E-state index in [0.717, 1.165) is 0 Å². The van der Waals surface area contributed by atoms with Crippen LogP contribution in [0.5, 0.6) is 0 Å². The summed E-state index contributed by atoms with van der Waals surface area (Å²) in [7, 11) is -4.01. The predicted molar refractivity (Wildman–Crippen MR) is 54.5 cm³/mol. The molecule has 0 aromatic heterocycles. The van der Waals surface area contributed by atoms with Crippen LogP contribution in [0.2, 0.25) is 0 Å². The van der Waals surface area contributed by atoms with Crippen molar-refractivity contribution < 1.29 is 17.4 Å². The van der Waals surface area contributed by atoms with E-state index in [1.807, 2.05) is 0 Å². The van der Waals surface area contributed by atoms with E-state index in [2.05, 4.69) is 10.8 Å². The van der Waals surface area contributed by atoms with Gasteiger partial charge in [-0.15, -0.1) is 0 Å². The molecule has 0 aliphatic rings. The van der Waals surface area contributed by atoms with Crippen molar-refractivity contribution in [1.82, 2.24) is 0 Å². The molecule has 1 aromatic rings. The lowest BCUT2D eigenvalue weighted by Crippen LogP contribution is -2.13. The van der Waals surface area contributed by atoms with Gasteiger partial charge in [-0.2, -0.15) is 8.42 Å². The Morgan fingerprint density at radius 2 is 1.80 bits per heavy atom. The molecule has 4 nitrogen and oxygen atoms in total. The largest absolute Gasteiger partial charge is 0.349 e. The maximum atomic E-state index is 11.5. The number of hydrogen-bond donors (Lipinski definition) is 0. The van der Waals surface area contributed by atoms with Crippen LogP contribution in [0.3, 0.4) is 0 Å². The summed E-state index contributed by atoms with van der Waals surface area (Å²) >= 11 is 0. The molecule has 0 fully saturated rings. The number of benzene rings is 1. The Bertz CT molecular complexity index is 473. The van der Waals surface area contributed by atoms with Gasteiger partial charge in [0.1, 0.15) is 4.90 Å². The van der Waals surface area contributed by atoms with Gasteiger partial charge in [0.15, 0.2) is 0 Å². The SMILES string of the molecule is C=C(C)C(=O)OS(=O)(=O)c1ccccc1. The van der Waals surface area contributed by atoms with Crippen molar-refractivity contribution >= 4 is 16.1 Å². The second kappa shape index (κ2) is 4.27. The summed E-state index contributed by atoms with van der Waals surface area (Å²) in [6, 6.07) is 7.45. The van der Waals surface area contributed by atoms with Gasteiger partial charge in [-0.05, 0) is 19.1 Å². The molecule has 0 amide bonds. The van der Waals surface area contributed by atoms with Gasteiger partial charge in [0.05, 0.1) is 0 Å². The average molecular weight is 226 g/mol. The van der Waals surface area contributed by atoms with Crippen LogP contribution in [-0.4, -0.2) is 14.4 Å². The zero-order valence-corrected chi connectivity index (χ0v) is 8.95. The van der Waals surface area contributed by atoms with E-state index in [1.54, 1.807) is 18.2 Å². The Hall–Kier alpha value is -1.62. The van der Waals surface area contributed by atoms with Crippen molar-refractivity contribution in [3.63, 3.8) is 0 Å². The van der Waals surface area contributed by atoms with E-state index >= 15 is 0 Å². The number of carbonyl (C=O) groups excluding carboxylic acids is 1. The van der Waals surface area contributed by atoms with Crippen LogP contribution >= 0.6 is 0 Å². The minimum Gasteiger partial charge on any atom is -0.338 e. The normalized spacial score (nSPS) is 10.7. The molecule has 0 saturated carbocycles. The van der Waals surface area contributed by atoms with Gasteiger partial charge < -0.3 is 4.18 Å². The third kappa shape index (κ3) is 2.92. The van der Waals surface area contributed by atoms with E-state index in [9.17, 15) is 13.2 Å². The Morgan fingerprint density at radius 1 is 1.27 bits per heavy atom. The summed E-state index contributed by atoms with van der Waals surface area (Å²) in [5, 5.41) is 0. The molecule has 0 atom stereocenters. The lowest BCUT2D eigenvalue weighted by molar-refractivity contribution is -0.129. The van der Waals surface area contributed by atoms with Crippen LogP contribution in [-0.2, 0) is 19.1 Å². The molecule has 0 spiro atoms. The van der Waals surface area contributed by atoms with Crippen molar-refractivity contribution in [3.05, 3.63) is 42.5 Å². The van der Waals surface area contributed by atoms with Gasteiger partial charge in [0.2, 0.25) is 0 Å². The van der Waals surface area contributed by atoms with Crippen LogP contribution in [0.15, 0.2) is 47.4 Å². The third-order valence-corrected chi connectivity index (χ3v) is 2.79. The van der Waals surface area contributed by atoms with Crippen LogP contribution in [0, 0.1) is 0 Å². The summed E-state index contributed by atoms with van der Waals surface area (Å²) in [4.78, 5) is 11.0. The molecule has 0 radical (unpaired) electrons. The average Bonchev–Trinajstić information content (AvgIpc) is 2.18. The molecule has 1 rings (SSSR count). The Labute approximate surface area is 88.3 Å². The van der Waals surface area contributed by atoms with Gasteiger partial charge in [-0.1, -0.05) is 24.8 Å². The second-order valence-corrected chi connectivity index (χ2v) is 4.46. The van der Waals surface area contributed by atoms with Crippen LogP contribution < -0.4 is 0 Å². The van der Waals surface area contributed by atoms with E-state index in [0.29, 0.717) is 0 Å². The monoisotopic (exact) mass is 226 g/mol. The minimum absolute atomic E-state index is 0.0366. The molecular weight excluding hydrogens is 216 g/mol. The number of hydrogen-bond acceptors (Lipinski definition) is 4. The zero-order chi connectivity index (χ0) is 11.5. The Morgan fingerprint density at radius 3 is 2.27 bits per heavy atom. The van der Waals surface area contributed by atoms with Crippen molar-refractivity contribution in [2.24, 2.45) is 0 Å². The molecule has 0 unspecified atom stereocenters. The lowest BCUT2D eigenvalue weighted by Gasteiger charge is -2.04. The maximum Gasteiger partial charge on any atom is 0.349 e. The highest BCUT2D eigenvalue weighted by Gasteiger charge is 2.19. The molecule has 15 heavy (non-hydrogen) atoms. The molecule has 0 aliphatic heterocycles. The van der Waals surface area contributed by atoms with Gasteiger partial charge in [0.25, 0.3) is 0 Å². The maximum absolute atomic E-state index is 11.5. The van der Waals surface area contributed by atoms with Crippen molar-refractivity contribution in [2.45, 2.75) is 11.8 Å². The van der Waals surface area contributed by atoms with Gasteiger partial charge in [-0.25, -0.2) is 4.79 Å². The van der Waals surface area contributed by atoms with E-state index < -0.39 is 16.1 Å². The highest BCUT2D eigenvalue weighted by Crippen LogP contribution is 2.12. The summed E-state index contributed by atoms with van der Waals surface area (Å²) in [5.74, 6) is -0.946. The molecule has 0 heterocycles. The topological polar surface area (TPSA) is 60.4 Å².